The van der Waals surface area contributed by atoms with Gasteiger partial charge in [0.1, 0.15) is 12.4 Å². The number of benzene rings is 1. The van der Waals surface area contributed by atoms with Crippen LogP contribution in [0.15, 0.2) is 17.0 Å². The highest BCUT2D eigenvalue weighted by Crippen LogP contribution is 2.32. The van der Waals surface area contributed by atoms with Crippen LogP contribution in [0.1, 0.15) is 50.2 Å². The Morgan fingerprint density at radius 2 is 1.84 bits per heavy atom. The van der Waals surface area contributed by atoms with Crippen molar-refractivity contribution in [3.63, 3.8) is 0 Å². The maximum atomic E-state index is 13.4. The maximum absolute atomic E-state index is 13.4. The summed E-state index contributed by atoms with van der Waals surface area (Å²) in [6.07, 6.45) is 4.39. The van der Waals surface area contributed by atoms with E-state index < -0.39 is 10.0 Å². The van der Waals surface area contributed by atoms with E-state index in [-0.39, 0.29) is 25.2 Å². The fourth-order valence-corrected chi connectivity index (χ4v) is 6.03. The highest BCUT2D eigenvalue weighted by Gasteiger charge is 2.37. The van der Waals surface area contributed by atoms with Crippen LogP contribution in [0.25, 0.3) is 0 Å². The van der Waals surface area contributed by atoms with E-state index in [9.17, 15) is 13.2 Å². The Hall–Kier alpha value is -1.68. The van der Waals surface area contributed by atoms with Crippen LogP contribution in [0, 0.1) is 13.8 Å². The van der Waals surface area contributed by atoms with Crippen molar-refractivity contribution in [2.75, 3.05) is 46.6 Å². The fourth-order valence-electron chi connectivity index (χ4n) is 3.93. The van der Waals surface area contributed by atoms with Crippen molar-refractivity contribution >= 4 is 15.9 Å². The van der Waals surface area contributed by atoms with E-state index in [0.29, 0.717) is 47.9 Å². The van der Waals surface area contributed by atoms with Gasteiger partial charge in [-0.25, -0.2) is 8.42 Å². The number of amides is 1. The molecule has 1 atom stereocenters. The largest absolute Gasteiger partial charge is 0.497 e. The van der Waals surface area contributed by atoms with E-state index in [2.05, 4.69) is 12.2 Å². The minimum Gasteiger partial charge on any atom is -0.497 e. The van der Waals surface area contributed by atoms with Gasteiger partial charge in [0, 0.05) is 32.3 Å². The zero-order valence-corrected chi connectivity index (χ0v) is 20.6. The summed E-state index contributed by atoms with van der Waals surface area (Å²) in [7, 11) is -2.11. The molecule has 1 fully saturated rings. The summed E-state index contributed by atoms with van der Waals surface area (Å²) in [5, 5.41) is 2.80. The summed E-state index contributed by atoms with van der Waals surface area (Å²) < 4.78 is 44.6. The van der Waals surface area contributed by atoms with Crippen LogP contribution in [-0.2, 0) is 24.3 Å². The molecule has 1 aliphatic rings. The van der Waals surface area contributed by atoms with Crippen molar-refractivity contribution in [2.45, 2.75) is 63.8 Å². The average molecular weight is 471 g/mol. The van der Waals surface area contributed by atoms with Crippen LogP contribution in [0.4, 0.5) is 0 Å². The molecule has 0 aromatic heterocycles. The lowest BCUT2D eigenvalue weighted by atomic mass is 10.1. The lowest BCUT2D eigenvalue weighted by Crippen LogP contribution is -2.39. The molecule has 1 N–H and O–H groups in total. The number of unbranched alkanes of at least 4 members (excludes halogenated alkanes) is 1. The minimum absolute atomic E-state index is 0.0817. The van der Waals surface area contributed by atoms with Gasteiger partial charge in [-0.15, -0.1) is 0 Å². The summed E-state index contributed by atoms with van der Waals surface area (Å²) in [4.78, 5) is 12.3. The molecule has 1 aromatic carbocycles. The highest BCUT2D eigenvalue weighted by atomic mass is 32.2. The van der Waals surface area contributed by atoms with Gasteiger partial charge in [-0.1, -0.05) is 13.3 Å². The molecule has 0 unspecified atom stereocenters. The van der Waals surface area contributed by atoms with Crippen molar-refractivity contribution in [2.24, 2.45) is 0 Å². The summed E-state index contributed by atoms with van der Waals surface area (Å²) >= 11 is 0. The first-order valence-electron chi connectivity index (χ1n) is 11.4. The number of sulfonamides is 1. The Morgan fingerprint density at radius 3 is 2.50 bits per heavy atom. The third-order valence-corrected chi connectivity index (χ3v) is 7.79. The lowest BCUT2D eigenvalue weighted by Gasteiger charge is -2.26. The van der Waals surface area contributed by atoms with Gasteiger partial charge >= 0.3 is 0 Å². The molecule has 1 aliphatic heterocycles. The second-order valence-corrected chi connectivity index (χ2v) is 10.0. The van der Waals surface area contributed by atoms with Crippen LogP contribution in [-0.4, -0.2) is 71.3 Å². The molecule has 1 amide bonds. The zero-order chi connectivity index (χ0) is 23.6. The van der Waals surface area contributed by atoms with Gasteiger partial charge in [-0.2, -0.15) is 4.31 Å². The van der Waals surface area contributed by atoms with Crippen molar-refractivity contribution in [1.82, 2.24) is 9.62 Å². The average Bonchev–Trinajstić information content (AvgIpc) is 3.22. The highest BCUT2D eigenvalue weighted by molar-refractivity contribution is 7.89. The van der Waals surface area contributed by atoms with Crippen LogP contribution in [0.5, 0.6) is 5.75 Å². The Balaban J connectivity index is 1.83. The van der Waals surface area contributed by atoms with Crippen molar-refractivity contribution in [3.8, 4) is 5.75 Å². The number of nitrogens with zero attached hydrogens (tertiary/aromatic N) is 1. The van der Waals surface area contributed by atoms with Crippen LogP contribution in [0.3, 0.4) is 0 Å². The summed E-state index contributed by atoms with van der Waals surface area (Å²) in [6.45, 7) is 8.16. The molecular weight excluding hydrogens is 432 g/mol. The van der Waals surface area contributed by atoms with Gasteiger partial charge in [-0.05, 0) is 62.8 Å². The third-order valence-electron chi connectivity index (χ3n) is 5.53. The van der Waals surface area contributed by atoms with Crippen LogP contribution in [0.2, 0.25) is 0 Å². The molecule has 182 valence electrons. The Kier molecular flexibility index (Phi) is 10.9. The maximum Gasteiger partial charge on any atom is 0.246 e. The number of hydrogen-bond acceptors (Lipinski definition) is 6. The Bertz CT molecular complexity index is 820. The number of rotatable bonds is 14. The molecule has 1 saturated heterocycles. The number of methoxy groups -OCH3 is 1. The van der Waals surface area contributed by atoms with Crippen molar-refractivity contribution in [3.05, 3.63) is 23.3 Å². The van der Waals surface area contributed by atoms with Gasteiger partial charge in [0.05, 0.1) is 18.6 Å². The smallest absolute Gasteiger partial charge is 0.246 e. The van der Waals surface area contributed by atoms with Crippen LogP contribution >= 0.6 is 0 Å². The number of carbonyl (C=O) groups is 1. The molecule has 0 spiro atoms. The first-order chi connectivity index (χ1) is 15.3. The molecule has 2 rings (SSSR count). The Labute approximate surface area is 192 Å². The molecular formula is C23H38N2O6S. The molecule has 8 nitrogen and oxygen atoms in total. The molecule has 0 saturated carbocycles. The van der Waals surface area contributed by atoms with E-state index in [1.54, 1.807) is 33.1 Å². The monoisotopic (exact) mass is 470 g/mol. The van der Waals surface area contributed by atoms with Crippen molar-refractivity contribution in [1.29, 1.82) is 0 Å². The van der Waals surface area contributed by atoms with Gasteiger partial charge in [0.15, 0.2) is 0 Å². The number of ether oxygens (including phenoxy) is 3. The first-order valence-corrected chi connectivity index (χ1v) is 12.8. The molecule has 32 heavy (non-hydrogen) atoms. The first kappa shape index (κ1) is 26.6. The number of hydrogen-bond donors (Lipinski definition) is 1. The predicted molar refractivity (Wildman–Crippen MR) is 124 cm³/mol. The molecule has 9 heteroatoms. The number of carbonyl (C=O) groups excluding carboxylic acids is 1. The summed E-state index contributed by atoms with van der Waals surface area (Å²) in [5.74, 6) is 0.437. The lowest BCUT2D eigenvalue weighted by molar-refractivity contribution is -0.126. The van der Waals surface area contributed by atoms with Gasteiger partial charge in [-0.3, -0.25) is 4.79 Å². The molecule has 0 aliphatic carbocycles. The summed E-state index contributed by atoms with van der Waals surface area (Å²) in [5.41, 5.74) is 1.32. The quantitative estimate of drug-likeness (QED) is 0.420. The van der Waals surface area contributed by atoms with E-state index in [1.807, 2.05) is 0 Å². The Morgan fingerprint density at radius 1 is 1.16 bits per heavy atom. The standard InChI is InChI=1S/C23H38N2O6S/c1-5-6-12-30-13-8-10-24-22(26)17-31-16-20-9-7-11-25(20)32(27,28)23-18(2)14-21(29-4)15-19(23)3/h14-15,20H,5-13,16-17H2,1-4H3,(H,24,26)/t20-/m0/s1. The van der Waals surface area contributed by atoms with E-state index in [0.717, 1.165) is 32.3 Å². The molecule has 0 bridgehead atoms. The second-order valence-electron chi connectivity index (χ2n) is 8.19. The zero-order valence-electron chi connectivity index (χ0n) is 19.8. The van der Waals surface area contributed by atoms with Gasteiger partial charge < -0.3 is 19.5 Å². The number of aryl methyl sites for hydroxylation is 2. The van der Waals surface area contributed by atoms with Gasteiger partial charge in [0.25, 0.3) is 0 Å². The second kappa shape index (κ2) is 13.1. The van der Waals surface area contributed by atoms with E-state index in [4.69, 9.17) is 14.2 Å². The number of nitrogens with one attached hydrogen (secondary N) is 1. The fraction of sp³-hybridized carbons (Fsp3) is 0.696. The minimum atomic E-state index is -3.67. The van der Waals surface area contributed by atoms with Crippen molar-refractivity contribution < 1.29 is 27.4 Å². The molecule has 1 aromatic rings. The normalized spacial score (nSPS) is 16.9. The molecule has 1 heterocycles. The van der Waals surface area contributed by atoms with E-state index >= 15 is 0 Å². The third kappa shape index (κ3) is 7.43. The predicted octanol–water partition coefficient (Wildman–Crippen LogP) is 2.80. The molecule has 0 radical (unpaired) electrons. The van der Waals surface area contributed by atoms with E-state index in [1.165, 1.54) is 4.31 Å². The van der Waals surface area contributed by atoms with Crippen LogP contribution < -0.4 is 10.1 Å². The SMILES string of the molecule is CCCCOCCCNC(=O)COC[C@@H]1CCCN1S(=O)(=O)c1c(C)cc(OC)cc1C. The summed E-state index contributed by atoms with van der Waals surface area (Å²) in [6, 6.07) is 3.20. The van der Waals surface area contributed by atoms with Gasteiger partial charge in [0.2, 0.25) is 15.9 Å². The topological polar surface area (TPSA) is 94.2 Å².